The first-order chi connectivity index (χ1) is 10.0. The van der Waals surface area contributed by atoms with Crippen molar-refractivity contribution in [2.24, 2.45) is 0 Å². The minimum atomic E-state index is -0.399. The van der Waals surface area contributed by atoms with Crippen LogP contribution in [0, 0.1) is 6.92 Å². The van der Waals surface area contributed by atoms with Crippen LogP contribution >= 0.6 is 0 Å². The quantitative estimate of drug-likeness (QED) is 0.854. The zero-order valence-corrected chi connectivity index (χ0v) is 12.4. The Kier molecular flexibility index (Phi) is 3.68. The summed E-state index contributed by atoms with van der Waals surface area (Å²) in [4.78, 5) is 25.8. The largest absolute Gasteiger partial charge is 0.343 e. The maximum absolute atomic E-state index is 12.1. The van der Waals surface area contributed by atoms with Gasteiger partial charge in [0.05, 0.1) is 0 Å². The summed E-state index contributed by atoms with van der Waals surface area (Å²) in [5.74, 6) is 0.00131. The first-order valence-electron chi connectivity index (χ1n) is 7.44. The van der Waals surface area contributed by atoms with Gasteiger partial charge in [-0.25, -0.2) is 0 Å². The molecule has 1 aromatic rings. The highest BCUT2D eigenvalue weighted by molar-refractivity contribution is 5.97. The third-order valence-electron chi connectivity index (χ3n) is 4.29. The summed E-state index contributed by atoms with van der Waals surface area (Å²) in [6.45, 7) is 5.19. The third-order valence-corrected chi connectivity index (χ3v) is 4.29. The second-order valence-electron chi connectivity index (χ2n) is 6.04. The summed E-state index contributed by atoms with van der Waals surface area (Å²) in [7, 11) is 0. The molecule has 3 atom stereocenters. The molecule has 0 bridgehead atoms. The Morgan fingerprint density at radius 2 is 2.19 bits per heavy atom. The predicted octanol–water partition coefficient (Wildman–Crippen LogP) is 0.572. The van der Waals surface area contributed by atoms with Crippen LogP contribution in [0.1, 0.15) is 24.5 Å². The Balaban J connectivity index is 1.62. The maximum Gasteiger partial charge on any atom is 0.245 e. The average molecular weight is 287 g/mol. The molecule has 5 heteroatoms. The van der Waals surface area contributed by atoms with Crippen molar-refractivity contribution in [2.75, 3.05) is 6.54 Å². The molecule has 0 aliphatic carbocycles. The Hall–Kier alpha value is -1.88. The van der Waals surface area contributed by atoms with E-state index in [4.69, 9.17) is 0 Å². The molecule has 1 aromatic carbocycles. The monoisotopic (exact) mass is 287 g/mol. The average Bonchev–Trinajstić information content (AvgIpc) is 2.88. The lowest BCUT2D eigenvalue weighted by Gasteiger charge is -2.32. The first kappa shape index (κ1) is 14.1. The number of rotatable bonds is 3. The molecule has 0 spiro atoms. The molecular weight excluding hydrogens is 266 g/mol. The zero-order chi connectivity index (χ0) is 15.0. The molecule has 2 N–H and O–H groups in total. The van der Waals surface area contributed by atoms with E-state index in [1.165, 1.54) is 11.1 Å². The van der Waals surface area contributed by atoms with E-state index >= 15 is 0 Å². The van der Waals surface area contributed by atoms with Gasteiger partial charge in [0.1, 0.15) is 12.1 Å². The predicted molar refractivity (Wildman–Crippen MR) is 79.5 cm³/mol. The maximum atomic E-state index is 12.1. The number of carbonyl (C=O) groups excluding carboxylic acids is 2. The Bertz CT molecular complexity index is 572. The van der Waals surface area contributed by atoms with Crippen molar-refractivity contribution >= 4 is 11.8 Å². The number of benzene rings is 1. The number of nitrogens with one attached hydrogen (secondary N) is 2. The molecule has 2 heterocycles. The van der Waals surface area contributed by atoms with Crippen molar-refractivity contribution in [2.45, 2.75) is 44.9 Å². The topological polar surface area (TPSA) is 61.4 Å². The lowest BCUT2D eigenvalue weighted by molar-refractivity contribution is -0.146. The highest BCUT2D eigenvalue weighted by atomic mass is 16.2. The number of aryl methyl sites for hydroxylation is 1. The van der Waals surface area contributed by atoms with Crippen molar-refractivity contribution in [1.29, 1.82) is 0 Å². The van der Waals surface area contributed by atoms with Crippen molar-refractivity contribution in [3.63, 3.8) is 0 Å². The van der Waals surface area contributed by atoms with Gasteiger partial charge in [-0.1, -0.05) is 29.8 Å². The van der Waals surface area contributed by atoms with Gasteiger partial charge in [-0.2, -0.15) is 0 Å². The Labute approximate surface area is 124 Å². The number of piperazine rings is 1. The van der Waals surface area contributed by atoms with Crippen LogP contribution in [0.4, 0.5) is 0 Å². The van der Waals surface area contributed by atoms with Crippen LogP contribution in [-0.2, 0) is 16.1 Å². The van der Waals surface area contributed by atoms with Crippen molar-refractivity contribution in [1.82, 2.24) is 15.5 Å². The van der Waals surface area contributed by atoms with Crippen LogP contribution in [0.15, 0.2) is 24.3 Å². The van der Waals surface area contributed by atoms with Crippen LogP contribution in [0.5, 0.6) is 0 Å². The van der Waals surface area contributed by atoms with Crippen LogP contribution in [0.2, 0.25) is 0 Å². The number of nitrogens with zero attached hydrogens (tertiary/aromatic N) is 1. The molecular formula is C16H21N3O2. The second-order valence-corrected chi connectivity index (χ2v) is 6.04. The van der Waals surface area contributed by atoms with Crippen LogP contribution in [0.25, 0.3) is 0 Å². The van der Waals surface area contributed by atoms with E-state index < -0.39 is 6.04 Å². The second kappa shape index (κ2) is 5.48. The van der Waals surface area contributed by atoms with Crippen LogP contribution in [0.3, 0.4) is 0 Å². The highest BCUT2D eigenvalue weighted by Gasteiger charge is 2.44. The summed E-state index contributed by atoms with van der Waals surface area (Å²) in [6, 6.07) is 7.83. The van der Waals surface area contributed by atoms with Gasteiger partial charge in [-0.15, -0.1) is 0 Å². The first-order valence-corrected chi connectivity index (χ1v) is 7.44. The minimum absolute atomic E-state index is 0.0260. The van der Waals surface area contributed by atoms with E-state index in [9.17, 15) is 9.59 Å². The van der Waals surface area contributed by atoms with Crippen LogP contribution < -0.4 is 10.6 Å². The van der Waals surface area contributed by atoms with Gasteiger partial charge in [0.15, 0.2) is 0 Å². The molecule has 112 valence electrons. The lowest BCUT2D eigenvalue weighted by Crippen LogP contribution is -2.60. The standard InChI is InChI=1S/C16H21N3O2/c1-10-4-3-5-12(6-10)8-17-13-7-14-15(20)18-11(2)16(21)19(14)9-13/h3-6,11,13-14,17H,7-9H2,1-2H3,(H,18,20)/t11-,13-,14-/m0/s1. The fourth-order valence-corrected chi connectivity index (χ4v) is 3.18. The molecule has 0 aromatic heterocycles. The summed E-state index contributed by atoms with van der Waals surface area (Å²) in [5.41, 5.74) is 2.46. The van der Waals surface area contributed by atoms with E-state index in [-0.39, 0.29) is 23.9 Å². The van der Waals surface area contributed by atoms with Gasteiger partial charge in [0.25, 0.3) is 0 Å². The van der Waals surface area contributed by atoms with Crippen LogP contribution in [-0.4, -0.2) is 41.4 Å². The van der Waals surface area contributed by atoms with E-state index in [2.05, 4.69) is 35.8 Å². The van der Waals surface area contributed by atoms with Gasteiger partial charge in [0.2, 0.25) is 11.8 Å². The molecule has 2 saturated heterocycles. The molecule has 3 rings (SSSR count). The number of hydrogen-bond donors (Lipinski definition) is 2. The Morgan fingerprint density at radius 1 is 1.38 bits per heavy atom. The number of amides is 2. The molecule has 2 aliphatic heterocycles. The molecule has 2 fully saturated rings. The van der Waals surface area contributed by atoms with Crippen molar-refractivity contribution in [3.8, 4) is 0 Å². The highest BCUT2D eigenvalue weighted by Crippen LogP contribution is 2.22. The van der Waals surface area contributed by atoms with E-state index in [1.807, 2.05) is 6.07 Å². The van der Waals surface area contributed by atoms with E-state index in [0.717, 1.165) is 6.54 Å². The minimum Gasteiger partial charge on any atom is -0.343 e. The van der Waals surface area contributed by atoms with Crippen molar-refractivity contribution < 1.29 is 9.59 Å². The number of carbonyl (C=O) groups is 2. The summed E-state index contributed by atoms with van der Waals surface area (Å²) in [6.07, 6.45) is 0.691. The fourth-order valence-electron chi connectivity index (χ4n) is 3.18. The summed E-state index contributed by atoms with van der Waals surface area (Å²) < 4.78 is 0. The summed E-state index contributed by atoms with van der Waals surface area (Å²) in [5, 5.41) is 6.21. The molecule has 5 nitrogen and oxygen atoms in total. The molecule has 0 radical (unpaired) electrons. The molecule has 21 heavy (non-hydrogen) atoms. The molecule has 0 saturated carbocycles. The normalized spacial score (nSPS) is 28.5. The molecule has 2 amide bonds. The van der Waals surface area contributed by atoms with Crippen molar-refractivity contribution in [3.05, 3.63) is 35.4 Å². The number of fused-ring (bicyclic) bond motifs is 1. The van der Waals surface area contributed by atoms with Gasteiger partial charge in [0, 0.05) is 19.1 Å². The molecule has 2 aliphatic rings. The number of hydrogen-bond acceptors (Lipinski definition) is 3. The van der Waals surface area contributed by atoms with E-state index in [1.54, 1.807) is 11.8 Å². The van der Waals surface area contributed by atoms with Gasteiger partial charge in [-0.05, 0) is 25.8 Å². The van der Waals surface area contributed by atoms with Gasteiger partial charge >= 0.3 is 0 Å². The lowest BCUT2D eigenvalue weighted by atomic mass is 10.1. The molecule has 0 unspecified atom stereocenters. The van der Waals surface area contributed by atoms with E-state index in [0.29, 0.717) is 13.0 Å². The fraction of sp³-hybridized carbons (Fsp3) is 0.500. The van der Waals surface area contributed by atoms with Gasteiger partial charge in [-0.3, -0.25) is 9.59 Å². The third kappa shape index (κ3) is 2.78. The smallest absolute Gasteiger partial charge is 0.245 e. The summed E-state index contributed by atoms with van der Waals surface area (Å²) >= 11 is 0. The SMILES string of the molecule is Cc1cccc(CN[C@H]2C[C@H]3C(=O)N[C@@H](C)C(=O)N3C2)c1. The zero-order valence-electron chi connectivity index (χ0n) is 12.4. The Morgan fingerprint density at radius 3 is 2.95 bits per heavy atom. The van der Waals surface area contributed by atoms with Gasteiger partial charge < -0.3 is 15.5 Å².